The number of alkyl halides is 1. The lowest BCUT2D eigenvalue weighted by atomic mass is 10.1. The number of likely N-dealkylation sites (N-methyl/N-ethyl adjacent to an activating group) is 1. The molecule has 0 aliphatic heterocycles. The van der Waals surface area contributed by atoms with Crippen LogP contribution in [0, 0.1) is 0 Å². The Morgan fingerprint density at radius 3 is 2.00 bits per heavy atom. The Labute approximate surface area is 110 Å². The van der Waals surface area contributed by atoms with Crippen LogP contribution in [0.15, 0.2) is 0 Å². The van der Waals surface area contributed by atoms with Crippen LogP contribution >= 0.6 is 15.9 Å². The van der Waals surface area contributed by atoms with Crippen molar-refractivity contribution < 1.29 is 4.74 Å². The first-order valence-electron chi connectivity index (χ1n) is 6.54. The van der Waals surface area contributed by atoms with Gasteiger partial charge in [0.25, 0.3) is 0 Å². The maximum Gasteiger partial charge on any atom is 0.0589 e. The van der Waals surface area contributed by atoms with Gasteiger partial charge < -0.3 is 9.64 Å². The van der Waals surface area contributed by atoms with Gasteiger partial charge in [-0.15, -0.1) is 0 Å². The van der Waals surface area contributed by atoms with Crippen molar-refractivity contribution in [2.75, 3.05) is 39.2 Å². The molecule has 0 aromatic carbocycles. The Hall–Kier alpha value is 0.400. The molecule has 0 fully saturated rings. The molecule has 98 valence electrons. The molecule has 0 aliphatic carbocycles. The molecule has 0 spiro atoms. The minimum absolute atomic E-state index is 0.850. The van der Waals surface area contributed by atoms with Gasteiger partial charge in [-0.05, 0) is 26.4 Å². The highest BCUT2D eigenvalue weighted by Crippen LogP contribution is 2.08. The lowest BCUT2D eigenvalue weighted by Gasteiger charge is -2.15. The van der Waals surface area contributed by atoms with Crippen molar-refractivity contribution in [2.24, 2.45) is 0 Å². The molecule has 3 heteroatoms. The van der Waals surface area contributed by atoms with E-state index in [1.807, 2.05) is 0 Å². The number of nitrogens with zero attached hydrogens (tertiary/aromatic N) is 1. The van der Waals surface area contributed by atoms with E-state index in [4.69, 9.17) is 4.74 Å². The summed E-state index contributed by atoms with van der Waals surface area (Å²) in [5, 5.41) is 1.16. The average Bonchev–Trinajstić information content (AvgIpc) is 2.30. The lowest BCUT2D eigenvalue weighted by Crippen LogP contribution is -2.23. The Morgan fingerprint density at radius 2 is 1.44 bits per heavy atom. The molecule has 0 N–H and O–H groups in total. The summed E-state index contributed by atoms with van der Waals surface area (Å²) < 4.78 is 5.05. The summed E-state index contributed by atoms with van der Waals surface area (Å²) >= 11 is 3.46. The molecule has 0 rings (SSSR count). The van der Waals surface area contributed by atoms with Crippen LogP contribution in [0.2, 0.25) is 0 Å². The van der Waals surface area contributed by atoms with Crippen LogP contribution < -0.4 is 0 Å². The Bertz CT molecular complexity index is 133. The minimum atomic E-state index is 0.850. The molecule has 0 radical (unpaired) electrons. The maximum absolute atomic E-state index is 5.05. The van der Waals surface area contributed by atoms with Gasteiger partial charge in [0.1, 0.15) is 0 Å². The van der Waals surface area contributed by atoms with Gasteiger partial charge in [0, 0.05) is 19.0 Å². The maximum atomic E-state index is 5.05. The second-order valence-electron chi connectivity index (χ2n) is 4.46. The van der Waals surface area contributed by atoms with Crippen molar-refractivity contribution in [1.82, 2.24) is 4.90 Å². The van der Waals surface area contributed by atoms with Crippen molar-refractivity contribution in [3.8, 4) is 0 Å². The van der Waals surface area contributed by atoms with Gasteiger partial charge in [-0.1, -0.05) is 48.0 Å². The number of rotatable bonds is 12. The minimum Gasteiger partial charge on any atom is -0.383 e. The standard InChI is InChI=1S/C13H28BrNO/c1-15(12-13-16-2)11-9-7-5-3-4-6-8-10-14/h3-13H2,1-2H3. The van der Waals surface area contributed by atoms with Gasteiger partial charge in [-0.25, -0.2) is 0 Å². The third kappa shape index (κ3) is 12.5. The zero-order valence-corrected chi connectivity index (χ0v) is 12.6. The van der Waals surface area contributed by atoms with E-state index in [0.29, 0.717) is 0 Å². The van der Waals surface area contributed by atoms with Crippen molar-refractivity contribution >= 4 is 15.9 Å². The van der Waals surface area contributed by atoms with E-state index >= 15 is 0 Å². The van der Waals surface area contributed by atoms with Crippen molar-refractivity contribution in [1.29, 1.82) is 0 Å². The third-order valence-corrected chi connectivity index (χ3v) is 3.41. The Morgan fingerprint density at radius 1 is 0.875 bits per heavy atom. The first kappa shape index (κ1) is 16.4. The average molecular weight is 294 g/mol. The van der Waals surface area contributed by atoms with E-state index in [9.17, 15) is 0 Å². The Balaban J connectivity index is 3.02. The monoisotopic (exact) mass is 293 g/mol. The van der Waals surface area contributed by atoms with Gasteiger partial charge in [-0.3, -0.25) is 0 Å². The SMILES string of the molecule is COCCN(C)CCCCCCCCCBr. The summed E-state index contributed by atoms with van der Waals surface area (Å²) in [6, 6.07) is 0. The zero-order valence-electron chi connectivity index (χ0n) is 11.0. The fourth-order valence-corrected chi connectivity index (χ4v) is 2.12. The molecule has 16 heavy (non-hydrogen) atoms. The van der Waals surface area contributed by atoms with E-state index in [1.54, 1.807) is 7.11 Å². The highest BCUT2D eigenvalue weighted by atomic mass is 79.9. The lowest BCUT2D eigenvalue weighted by molar-refractivity contribution is 0.160. The molecule has 0 aromatic rings. The van der Waals surface area contributed by atoms with Gasteiger partial charge >= 0.3 is 0 Å². The summed E-state index contributed by atoms with van der Waals surface area (Å²) in [6.45, 7) is 3.12. The van der Waals surface area contributed by atoms with Gasteiger partial charge in [0.15, 0.2) is 0 Å². The normalized spacial score (nSPS) is 11.2. The van der Waals surface area contributed by atoms with Gasteiger partial charge in [0.2, 0.25) is 0 Å². The molecule has 0 amide bonds. The number of ether oxygens (including phenoxy) is 1. The smallest absolute Gasteiger partial charge is 0.0589 e. The molecule has 0 unspecified atom stereocenters. The molecule has 0 saturated heterocycles. The van der Waals surface area contributed by atoms with Crippen LogP contribution in [-0.2, 0) is 4.74 Å². The van der Waals surface area contributed by atoms with E-state index < -0.39 is 0 Å². The first-order valence-corrected chi connectivity index (χ1v) is 7.67. The predicted molar refractivity (Wildman–Crippen MR) is 75.5 cm³/mol. The summed E-state index contributed by atoms with van der Waals surface area (Å²) in [5.74, 6) is 0. The second kappa shape index (κ2) is 13.5. The topological polar surface area (TPSA) is 12.5 Å². The van der Waals surface area contributed by atoms with E-state index in [-0.39, 0.29) is 0 Å². The molecule has 0 atom stereocenters. The van der Waals surface area contributed by atoms with E-state index in [0.717, 1.165) is 18.5 Å². The first-order chi connectivity index (χ1) is 7.81. The highest BCUT2D eigenvalue weighted by Gasteiger charge is 1.97. The number of halogens is 1. The van der Waals surface area contributed by atoms with Crippen LogP contribution in [0.5, 0.6) is 0 Å². The Kier molecular flexibility index (Phi) is 13.8. The summed E-state index contributed by atoms with van der Waals surface area (Å²) in [6.07, 6.45) is 9.66. The van der Waals surface area contributed by atoms with Crippen molar-refractivity contribution in [3.05, 3.63) is 0 Å². The van der Waals surface area contributed by atoms with Crippen molar-refractivity contribution in [2.45, 2.75) is 44.9 Å². The quantitative estimate of drug-likeness (QED) is 0.402. The zero-order chi connectivity index (χ0) is 12.1. The van der Waals surface area contributed by atoms with Crippen LogP contribution in [-0.4, -0.2) is 44.1 Å². The van der Waals surface area contributed by atoms with Crippen LogP contribution in [0.1, 0.15) is 44.9 Å². The molecule has 2 nitrogen and oxygen atoms in total. The van der Waals surface area contributed by atoms with E-state index in [1.165, 1.54) is 51.5 Å². The molecule has 0 saturated carbocycles. The summed E-state index contributed by atoms with van der Waals surface area (Å²) in [5.41, 5.74) is 0. The highest BCUT2D eigenvalue weighted by molar-refractivity contribution is 9.09. The fraction of sp³-hybridized carbons (Fsp3) is 1.00. The van der Waals surface area contributed by atoms with Gasteiger partial charge in [-0.2, -0.15) is 0 Å². The number of unbranched alkanes of at least 4 members (excludes halogenated alkanes) is 6. The molecule has 0 aromatic heterocycles. The van der Waals surface area contributed by atoms with Crippen LogP contribution in [0.3, 0.4) is 0 Å². The third-order valence-electron chi connectivity index (χ3n) is 2.85. The van der Waals surface area contributed by atoms with E-state index in [2.05, 4.69) is 27.9 Å². The number of methoxy groups -OCH3 is 1. The molecule has 0 heterocycles. The van der Waals surface area contributed by atoms with Crippen LogP contribution in [0.4, 0.5) is 0 Å². The molecule has 0 aliphatic rings. The molecule has 0 bridgehead atoms. The van der Waals surface area contributed by atoms with Crippen LogP contribution in [0.25, 0.3) is 0 Å². The number of hydrogen-bond donors (Lipinski definition) is 0. The van der Waals surface area contributed by atoms with Crippen molar-refractivity contribution in [3.63, 3.8) is 0 Å². The van der Waals surface area contributed by atoms with Gasteiger partial charge in [0.05, 0.1) is 6.61 Å². The second-order valence-corrected chi connectivity index (χ2v) is 5.25. The largest absolute Gasteiger partial charge is 0.383 e. The molecular formula is C13H28BrNO. The summed E-state index contributed by atoms with van der Waals surface area (Å²) in [7, 11) is 3.94. The predicted octanol–water partition coefficient (Wildman–Crippen LogP) is 3.69. The molecular weight excluding hydrogens is 266 g/mol. The fourth-order valence-electron chi connectivity index (χ4n) is 1.72. The number of hydrogen-bond acceptors (Lipinski definition) is 2. The summed E-state index contributed by atoms with van der Waals surface area (Å²) in [4.78, 5) is 2.36.